The zero-order valence-electron chi connectivity index (χ0n) is 15.4. The lowest BCUT2D eigenvalue weighted by Crippen LogP contribution is -3.11. The molecule has 8 heteroatoms. The molecule has 1 aliphatic carbocycles. The second kappa shape index (κ2) is 7.72. The number of hydrogen-bond acceptors (Lipinski definition) is 5. The van der Waals surface area contributed by atoms with Crippen LogP contribution in [-0.4, -0.2) is 36.8 Å². The second-order valence-electron chi connectivity index (χ2n) is 7.66. The summed E-state index contributed by atoms with van der Waals surface area (Å²) in [6.07, 6.45) is 7.48. The third-order valence-electron chi connectivity index (χ3n) is 5.90. The first-order valence-electron chi connectivity index (χ1n) is 9.86. The predicted octanol–water partition coefficient (Wildman–Crippen LogP) is 1.49. The summed E-state index contributed by atoms with van der Waals surface area (Å²) in [5.41, 5.74) is 0.358. The lowest BCUT2D eigenvalue weighted by atomic mass is 9.94. The van der Waals surface area contributed by atoms with Crippen molar-refractivity contribution in [3.8, 4) is 11.5 Å². The van der Waals surface area contributed by atoms with Crippen molar-refractivity contribution in [2.24, 2.45) is 0 Å². The van der Waals surface area contributed by atoms with Gasteiger partial charge in [0.15, 0.2) is 17.5 Å². The Bertz CT molecular complexity index is 726. The van der Waals surface area contributed by atoms with Crippen LogP contribution in [0.5, 0.6) is 11.5 Å². The summed E-state index contributed by atoms with van der Waals surface area (Å²) in [5.74, 6) is 0.735. The summed E-state index contributed by atoms with van der Waals surface area (Å²) in [7, 11) is 0. The van der Waals surface area contributed by atoms with E-state index in [0.29, 0.717) is 17.1 Å². The minimum absolute atomic E-state index is 0.0471. The Hall–Kier alpha value is -2.35. The van der Waals surface area contributed by atoms with Crippen LogP contribution in [0.4, 0.5) is 5.69 Å². The summed E-state index contributed by atoms with van der Waals surface area (Å²) < 4.78 is 10.7. The van der Waals surface area contributed by atoms with Gasteiger partial charge in [-0.2, -0.15) is 0 Å². The largest absolute Gasteiger partial charge is 0.454 e. The van der Waals surface area contributed by atoms with Crippen molar-refractivity contribution in [3.05, 3.63) is 27.8 Å². The van der Waals surface area contributed by atoms with E-state index in [-0.39, 0.29) is 24.4 Å². The van der Waals surface area contributed by atoms with Gasteiger partial charge in [-0.25, -0.2) is 0 Å². The molecule has 1 amide bonds. The van der Waals surface area contributed by atoms with Crippen molar-refractivity contribution in [2.45, 2.75) is 57.0 Å². The highest BCUT2D eigenvalue weighted by atomic mass is 16.7. The van der Waals surface area contributed by atoms with E-state index in [9.17, 15) is 14.9 Å². The van der Waals surface area contributed by atoms with E-state index in [4.69, 9.17) is 9.47 Å². The molecule has 0 bridgehead atoms. The van der Waals surface area contributed by atoms with E-state index in [2.05, 4.69) is 5.32 Å². The smallest absolute Gasteiger partial charge is 0.283 e. The first-order chi connectivity index (χ1) is 13.1. The van der Waals surface area contributed by atoms with E-state index in [1.807, 2.05) is 0 Å². The molecule has 0 spiro atoms. The molecule has 27 heavy (non-hydrogen) atoms. The molecule has 146 valence electrons. The van der Waals surface area contributed by atoms with E-state index >= 15 is 0 Å². The monoisotopic (exact) mass is 376 g/mol. The Morgan fingerprint density at radius 3 is 2.44 bits per heavy atom. The maximum absolute atomic E-state index is 13.2. The number of nitro groups is 1. The molecule has 4 rings (SSSR count). The number of fused-ring (bicyclic) bond motifs is 1. The third kappa shape index (κ3) is 3.71. The molecule has 2 N–H and O–H groups in total. The van der Waals surface area contributed by atoms with Crippen LogP contribution in [0.15, 0.2) is 12.1 Å². The van der Waals surface area contributed by atoms with Crippen LogP contribution in [-0.2, 0) is 4.79 Å². The van der Waals surface area contributed by atoms with E-state index in [1.54, 1.807) is 6.07 Å². The Labute approximate surface area is 158 Å². The Morgan fingerprint density at radius 1 is 1.11 bits per heavy atom. The first kappa shape index (κ1) is 18.0. The maximum Gasteiger partial charge on any atom is 0.283 e. The minimum Gasteiger partial charge on any atom is -0.454 e. The van der Waals surface area contributed by atoms with Gasteiger partial charge < -0.3 is 19.7 Å². The van der Waals surface area contributed by atoms with Gasteiger partial charge in [0.05, 0.1) is 24.1 Å². The molecule has 0 aromatic heterocycles. The molecule has 1 saturated carbocycles. The predicted molar refractivity (Wildman–Crippen MR) is 96.9 cm³/mol. The normalized spacial score (nSPS) is 21.2. The van der Waals surface area contributed by atoms with Gasteiger partial charge in [0.2, 0.25) is 6.79 Å². The summed E-state index contributed by atoms with van der Waals surface area (Å²) >= 11 is 0. The third-order valence-corrected chi connectivity index (χ3v) is 5.90. The number of amides is 1. The van der Waals surface area contributed by atoms with Gasteiger partial charge in [-0.05, 0) is 12.8 Å². The van der Waals surface area contributed by atoms with Gasteiger partial charge >= 0.3 is 0 Å². The van der Waals surface area contributed by atoms with Crippen LogP contribution in [0.3, 0.4) is 0 Å². The summed E-state index contributed by atoms with van der Waals surface area (Å²) in [5, 5.41) is 14.9. The Kier molecular flexibility index (Phi) is 5.15. The molecule has 2 heterocycles. The van der Waals surface area contributed by atoms with E-state index in [1.165, 1.54) is 12.5 Å². The average molecular weight is 376 g/mol. The van der Waals surface area contributed by atoms with Crippen LogP contribution in [0.25, 0.3) is 0 Å². The van der Waals surface area contributed by atoms with Gasteiger partial charge in [-0.15, -0.1) is 0 Å². The Morgan fingerprint density at radius 2 is 1.78 bits per heavy atom. The van der Waals surface area contributed by atoms with Crippen LogP contribution in [0, 0.1) is 10.1 Å². The highest BCUT2D eigenvalue weighted by Crippen LogP contribution is 2.40. The Balaban J connectivity index is 1.68. The number of carbonyl (C=O) groups is 1. The number of quaternary nitrogens is 1. The van der Waals surface area contributed by atoms with E-state index < -0.39 is 11.0 Å². The zero-order valence-corrected chi connectivity index (χ0v) is 15.4. The van der Waals surface area contributed by atoms with Gasteiger partial charge in [-0.3, -0.25) is 14.9 Å². The highest BCUT2D eigenvalue weighted by molar-refractivity contribution is 5.84. The lowest BCUT2D eigenvalue weighted by Gasteiger charge is -2.28. The molecule has 1 aromatic rings. The van der Waals surface area contributed by atoms with E-state index in [0.717, 1.165) is 56.5 Å². The molecule has 8 nitrogen and oxygen atoms in total. The number of benzene rings is 1. The van der Waals surface area contributed by atoms with Crippen molar-refractivity contribution < 1.29 is 24.1 Å². The fourth-order valence-electron chi connectivity index (χ4n) is 4.53. The molecule has 1 saturated heterocycles. The minimum atomic E-state index is -0.593. The average Bonchev–Trinajstić information content (AvgIpc) is 3.33. The van der Waals surface area contributed by atoms with Crippen LogP contribution >= 0.6 is 0 Å². The van der Waals surface area contributed by atoms with Crippen molar-refractivity contribution in [3.63, 3.8) is 0 Å². The van der Waals surface area contributed by atoms with Crippen LogP contribution < -0.4 is 19.7 Å². The van der Waals surface area contributed by atoms with Gasteiger partial charge in [0.1, 0.15) is 5.56 Å². The fourth-order valence-corrected chi connectivity index (χ4v) is 4.53. The van der Waals surface area contributed by atoms with Crippen LogP contribution in [0.1, 0.15) is 56.6 Å². The van der Waals surface area contributed by atoms with Gasteiger partial charge in [0, 0.05) is 24.9 Å². The number of ether oxygens (including phenoxy) is 2. The molecule has 0 radical (unpaired) electrons. The van der Waals surface area contributed by atoms with Gasteiger partial charge in [-0.1, -0.05) is 19.3 Å². The summed E-state index contributed by atoms with van der Waals surface area (Å²) in [4.78, 5) is 25.6. The number of likely N-dealkylation sites (tertiary alicyclic amines) is 1. The molecular formula is C19H26N3O5+. The molecule has 2 aliphatic heterocycles. The highest BCUT2D eigenvalue weighted by Gasteiger charge is 2.40. The fraction of sp³-hybridized carbons (Fsp3) is 0.632. The van der Waals surface area contributed by atoms with Crippen molar-refractivity contribution in [2.75, 3.05) is 19.9 Å². The van der Waals surface area contributed by atoms with Gasteiger partial charge in [0.25, 0.3) is 11.6 Å². The number of nitrogens with zero attached hydrogens (tertiary/aromatic N) is 1. The molecule has 1 atom stereocenters. The summed E-state index contributed by atoms with van der Waals surface area (Å²) in [6, 6.07) is 2.61. The number of carbonyl (C=O) groups excluding carboxylic acids is 1. The molecular weight excluding hydrogens is 350 g/mol. The standard InChI is InChI=1S/C19H25N3O5/c23-19(20-13-6-2-1-3-7-13)18(21-8-4-5-9-21)14-10-16-17(27-12-26-16)11-15(14)22(24)25/h10-11,13,18H,1-9,12H2,(H,20,23)/p+1/t18-/m0/s1. The topological polar surface area (TPSA) is 95.1 Å². The maximum atomic E-state index is 13.2. The second-order valence-corrected chi connectivity index (χ2v) is 7.66. The SMILES string of the molecule is O=C(NC1CCCCC1)[C@H](c1cc2c(cc1[N+](=O)[O-])OCO2)[NH+]1CCCC1. The number of rotatable bonds is 5. The number of nitro benzene ring substituents is 1. The van der Waals surface area contributed by atoms with Crippen molar-refractivity contribution >= 4 is 11.6 Å². The zero-order chi connectivity index (χ0) is 18.8. The number of hydrogen-bond donors (Lipinski definition) is 2. The van der Waals surface area contributed by atoms with Crippen molar-refractivity contribution in [1.29, 1.82) is 0 Å². The molecule has 2 fully saturated rings. The lowest BCUT2D eigenvalue weighted by molar-refractivity contribution is -0.910. The molecule has 1 aromatic carbocycles. The molecule has 0 unspecified atom stereocenters. The van der Waals surface area contributed by atoms with Crippen LogP contribution in [0.2, 0.25) is 0 Å². The number of nitrogens with one attached hydrogen (secondary N) is 2. The quantitative estimate of drug-likeness (QED) is 0.600. The molecule has 3 aliphatic rings. The first-order valence-corrected chi connectivity index (χ1v) is 9.86. The summed E-state index contributed by atoms with van der Waals surface area (Å²) in [6.45, 7) is 1.73. The van der Waals surface area contributed by atoms with Crippen molar-refractivity contribution in [1.82, 2.24) is 5.32 Å².